The van der Waals surface area contributed by atoms with E-state index in [1.165, 1.54) is 14.0 Å². The van der Waals surface area contributed by atoms with Gasteiger partial charge < -0.3 is 50.0 Å². The molecule has 34 heavy (non-hydrogen) atoms. The van der Waals surface area contributed by atoms with Gasteiger partial charge in [-0.3, -0.25) is 9.59 Å². The average molecular weight is 567 g/mol. The molecule has 1 radical (unpaired) electrons. The van der Waals surface area contributed by atoms with E-state index < -0.39 is 55.4 Å². The van der Waals surface area contributed by atoms with Gasteiger partial charge in [0.05, 0.1) is 25.4 Å². The molecule has 1 aliphatic carbocycles. The third-order valence-corrected chi connectivity index (χ3v) is 6.10. The van der Waals surface area contributed by atoms with E-state index in [4.69, 9.17) is 18.9 Å². The topological polar surface area (TPSA) is 176 Å². The van der Waals surface area contributed by atoms with Crippen LogP contribution in [0.2, 0.25) is 0 Å². The van der Waals surface area contributed by atoms with Crippen LogP contribution in [0.3, 0.4) is 0 Å². The molecule has 0 spiro atoms. The fourth-order valence-electron chi connectivity index (χ4n) is 4.41. The van der Waals surface area contributed by atoms with Crippen LogP contribution < -0.4 is 10.6 Å². The van der Waals surface area contributed by atoms with E-state index in [9.17, 15) is 30.0 Å². The molecule has 0 aromatic heterocycles. The first-order valence-corrected chi connectivity index (χ1v) is 11.2. The second-order valence-electron chi connectivity index (χ2n) is 8.58. The van der Waals surface area contributed by atoms with E-state index in [1.54, 1.807) is 7.11 Å². The summed E-state index contributed by atoms with van der Waals surface area (Å²) in [4.78, 5) is 23.8. The number of amides is 2. The molecule has 0 aromatic rings. The van der Waals surface area contributed by atoms with E-state index in [0.29, 0.717) is 25.9 Å². The van der Waals surface area contributed by atoms with E-state index in [0.717, 1.165) is 0 Å². The summed E-state index contributed by atoms with van der Waals surface area (Å²) in [5.74, 6) is -0.708. The van der Waals surface area contributed by atoms with Gasteiger partial charge in [0.2, 0.25) is 11.8 Å². The van der Waals surface area contributed by atoms with E-state index in [2.05, 4.69) is 10.6 Å². The molecule has 1 saturated carbocycles. The van der Waals surface area contributed by atoms with E-state index >= 15 is 0 Å². The zero-order chi connectivity index (χ0) is 24.5. The Labute approximate surface area is 224 Å². The molecular formula is C21H38N2O10Y. The van der Waals surface area contributed by atoms with Crippen LogP contribution in [0.15, 0.2) is 0 Å². The van der Waals surface area contributed by atoms with Gasteiger partial charge in [0, 0.05) is 72.8 Å². The molecule has 1 unspecified atom stereocenters. The number of nitrogens with one attached hydrogen (secondary N) is 2. The Morgan fingerprint density at radius 3 is 2.35 bits per heavy atom. The Morgan fingerprint density at radius 1 is 1.06 bits per heavy atom. The Balaban J connectivity index is 0.00000578. The van der Waals surface area contributed by atoms with Gasteiger partial charge in [0.25, 0.3) is 0 Å². The van der Waals surface area contributed by atoms with Crippen LogP contribution in [0.4, 0.5) is 0 Å². The number of hydrogen-bond donors (Lipinski definition) is 6. The molecular weight excluding hydrogens is 529 g/mol. The molecule has 195 valence electrons. The van der Waals surface area contributed by atoms with Crippen molar-refractivity contribution in [3.8, 4) is 0 Å². The van der Waals surface area contributed by atoms with Crippen LogP contribution >= 0.6 is 0 Å². The van der Waals surface area contributed by atoms with Crippen molar-refractivity contribution in [2.75, 3.05) is 34.0 Å². The molecule has 12 nitrogen and oxygen atoms in total. The molecule has 2 aliphatic rings. The number of hydrogen-bond acceptors (Lipinski definition) is 10. The minimum Gasteiger partial charge on any atom is -0.394 e. The predicted octanol–water partition coefficient (Wildman–Crippen LogP) is -2.36. The number of carbonyl (C=O) groups is 2. The largest absolute Gasteiger partial charge is 0.394 e. The van der Waals surface area contributed by atoms with Crippen molar-refractivity contribution in [1.82, 2.24) is 10.6 Å². The maximum Gasteiger partial charge on any atom is 0.220 e. The minimum absolute atomic E-state index is 0. The quantitative estimate of drug-likeness (QED) is 0.140. The smallest absolute Gasteiger partial charge is 0.220 e. The Kier molecular flexibility index (Phi) is 14.7. The second kappa shape index (κ2) is 15.8. The van der Waals surface area contributed by atoms with Gasteiger partial charge in [-0.15, -0.1) is 0 Å². The Morgan fingerprint density at radius 2 is 1.76 bits per heavy atom. The summed E-state index contributed by atoms with van der Waals surface area (Å²) in [6, 6.07) is -1.30. The van der Waals surface area contributed by atoms with E-state index in [1.807, 2.05) is 0 Å². The van der Waals surface area contributed by atoms with Crippen molar-refractivity contribution < 1.29 is 81.7 Å². The average Bonchev–Trinajstić information content (AvgIpc) is 3.06. The molecule has 2 rings (SSSR count). The number of aliphatic hydroxyl groups excluding tert-OH is 4. The molecule has 0 bridgehead atoms. The maximum atomic E-state index is 12.3. The zero-order valence-electron chi connectivity index (χ0n) is 20.0. The first-order chi connectivity index (χ1) is 15.7. The summed E-state index contributed by atoms with van der Waals surface area (Å²) < 4.78 is 21.6. The van der Waals surface area contributed by atoms with Gasteiger partial charge in [0.1, 0.15) is 30.5 Å². The van der Waals surface area contributed by atoms with Crippen molar-refractivity contribution in [2.45, 2.75) is 81.5 Å². The molecule has 13 heteroatoms. The molecule has 2 amide bonds. The van der Waals surface area contributed by atoms with Gasteiger partial charge in [-0.2, -0.15) is 0 Å². The molecule has 1 heterocycles. The van der Waals surface area contributed by atoms with Gasteiger partial charge >= 0.3 is 0 Å². The molecule has 9 atom stereocenters. The molecule has 2 fully saturated rings. The molecule has 1 saturated heterocycles. The predicted molar refractivity (Wildman–Crippen MR) is 114 cm³/mol. The van der Waals surface area contributed by atoms with Crippen molar-refractivity contribution in [2.24, 2.45) is 5.92 Å². The van der Waals surface area contributed by atoms with Gasteiger partial charge in [-0.25, -0.2) is 0 Å². The van der Waals surface area contributed by atoms with Crippen molar-refractivity contribution in [1.29, 1.82) is 0 Å². The van der Waals surface area contributed by atoms with Crippen LogP contribution in [-0.2, 0) is 61.2 Å². The monoisotopic (exact) mass is 567 g/mol. The summed E-state index contributed by atoms with van der Waals surface area (Å²) in [7, 11) is 3.06. The fraction of sp³-hybridized carbons (Fsp3) is 0.905. The number of aliphatic hydroxyl groups is 4. The number of ether oxygens (including phenoxy) is 4. The van der Waals surface area contributed by atoms with Crippen molar-refractivity contribution >= 4 is 11.8 Å². The SMILES string of the molecule is COC[C@H]1C[C@@H](NC(=O)CCCCO[C@@H]2O[C@H](CO)[C@H](O)[C@H](O)[C@H]2NC(C)=O)[C@@H](OC)C1O.[Y]. The Bertz CT molecular complexity index is 630. The maximum absolute atomic E-state index is 12.3. The molecule has 6 N–H and O–H groups in total. The number of unbranched alkanes of at least 4 members (excludes halogenated alkanes) is 1. The van der Waals surface area contributed by atoms with Crippen LogP contribution in [-0.4, -0.2) is 115 Å². The first kappa shape index (κ1) is 31.8. The fourth-order valence-corrected chi connectivity index (χ4v) is 4.41. The van der Waals surface area contributed by atoms with Gasteiger partial charge in [-0.1, -0.05) is 0 Å². The van der Waals surface area contributed by atoms with Crippen LogP contribution in [0.25, 0.3) is 0 Å². The third kappa shape index (κ3) is 8.68. The van der Waals surface area contributed by atoms with Crippen molar-refractivity contribution in [3.63, 3.8) is 0 Å². The standard InChI is InChI=1S/C21H38N2O10.Y/c1-11(25)22-16-19(29)18(28)14(9-24)33-21(16)32-7-5-4-6-15(26)23-13-8-12(10-30-2)17(27)20(13)31-3;/h12-14,16-21,24,27-29H,4-10H2,1-3H3,(H,22,25)(H,23,26);/t12-,13-,14-,16-,17?,18+,19-,20-,21-;/m1./s1. The van der Waals surface area contributed by atoms with Crippen LogP contribution in [0.1, 0.15) is 32.6 Å². The van der Waals surface area contributed by atoms with Gasteiger partial charge in [0.15, 0.2) is 6.29 Å². The first-order valence-electron chi connectivity index (χ1n) is 11.2. The van der Waals surface area contributed by atoms with Gasteiger partial charge in [-0.05, 0) is 19.3 Å². The number of methoxy groups -OCH3 is 2. The molecule has 0 aromatic carbocycles. The van der Waals surface area contributed by atoms with Crippen LogP contribution in [0, 0.1) is 5.92 Å². The third-order valence-electron chi connectivity index (χ3n) is 6.10. The summed E-state index contributed by atoms with van der Waals surface area (Å²) in [6.07, 6.45) is -4.24. The van der Waals surface area contributed by atoms with Crippen molar-refractivity contribution in [3.05, 3.63) is 0 Å². The number of rotatable bonds is 12. The summed E-state index contributed by atoms with van der Waals surface area (Å²) >= 11 is 0. The summed E-state index contributed by atoms with van der Waals surface area (Å²) in [5, 5.41) is 45.3. The van der Waals surface area contributed by atoms with E-state index in [-0.39, 0.29) is 63.6 Å². The van der Waals surface area contributed by atoms with Crippen LogP contribution in [0.5, 0.6) is 0 Å². The minimum atomic E-state index is -1.37. The second-order valence-corrected chi connectivity index (χ2v) is 8.58. The summed E-state index contributed by atoms with van der Waals surface area (Å²) in [5.41, 5.74) is 0. The number of carbonyl (C=O) groups excluding carboxylic acids is 2. The normalized spacial score (nSPS) is 35.4. The zero-order valence-corrected chi connectivity index (χ0v) is 22.8. The molecule has 1 aliphatic heterocycles. The Hall–Kier alpha value is -0.276. The summed E-state index contributed by atoms with van der Waals surface area (Å²) in [6.45, 7) is 1.31.